The summed E-state index contributed by atoms with van der Waals surface area (Å²) in [6.07, 6.45) is 0. The Bertz CT molecular complexity index is 715. The minimum atomic E-state index is 0.124. The number of ether oxygens (including phenoxy) is 2. The first-order chi connectivity index (χ1) is 11.4. The van der Waals surface area contributed by atoms with Crippen LogP contribution in [0.5, 0.6) is 5.75 Å². The molecule has 1 atom stereocenters. The normalized spacial score (nSPS) is 11.2. The highest BCUT2D eigenvalue weighted by Crippen LogP contribution is 2.27. The summed E-state index contributed by atoms with van der Waals surface area (Å²) in [7, 11) is 1.78. The van der Waals surface area contributed by atoms with Crippen LogP contribution in [0.1, 0.15) is 32.6 Å². The quantitative estimate of drug-likeness (QED) is 0.561. The second-order valence-corrected chi connectivity index (χ2v) is 7.29. The Labute approximate surface area is 146 Å². The molecule has 0 aliphatic heterocycles. The molecule has 0 saturated carbocycles. The third kappa shape index (κ3) is 4.66. The van der Waals surface area contributed by atoms with Gasteiger partial charge in [-0.25, -0.2) is 0 Å². The van der Waals surface area contributed by atoms with Crippen molar-refractivity contribution in [2.24, 2.45) is 0 Å². The fraction of sp³-hybridized carbons (Fsp3) is 0.350. The summed E-state index contributed by atoms with van der Waals surface area (Å²) >= 11 is 0. The lowest BCUT2D eigenvalue weighted by molar-refractivity contribution is 0.108. The summed E-state index contributed by atoms with van der Waals surface area (Å²) in [5.41, 5.74) is 5.45. The molecule has 3 nitrogen and oxygen atoms in total. The topological polar surface area (TPSA) is 35.5 Å². The number of aryl methyl sites for hydroxylation is 4. The number of methoxy groups -OCH3 is 1. The average molecular weight is 344 g/mol. The summed E-state index contributed by atoms with van der Waals surface area (Å²) < 4.78 is 10.6. The zero-order chi connectivity index (χ0) is 17.7. The van der Waals surface area contributed by atoms with Gasteiger partial charge in [0.1, 0.15) is 12.4 Å². The largest absolute Gasteiger partial charge is 0.491 e. The van der Waals surface area contributed by atoms with E-state index in [1.807, 2.05) is 39.0 Å². The lowest BCUT2D eigenvalue weighted by Crippen LogP contribution is -2.09. The van der Waals surface area contributed by atoms with Gasteiger partial charge in [-0.3, -0.25) is 4.79 Å². The summed E-state index contributed by atoms with van der Waals surface area (Å²) in [5.74, 6) is 0.813. The van der Waals surface area contributed by atoms with Gasteiger partial charge >= 0.3 is 0 Å². The number of hydrogen-bond acceptors (Lipinski definition) is 3. The van der Waals surface area contributed by atoms with E-state index in [0.717, 1.165) is 33.3 Å². The van der Waals surface area contributed by atoms with Crippen LogP contribution in [0, 0.1) is 27.7 Å². The molecule has 2 rings (SSSR count). The number of rotatable bonds is 7. The van der Waals surface area contributed by atoms with Gasteiger partial charge in [-0.15, -0.1) is 0 Å². The summed E-state index contributed by atoms with van der Waals surface area (Å²) in [5, 5.41) is 1.07. The van der Waals surface area contributed by atoms with Crippen molar-refractivity contribution in [3.8, 4) is 5.75 Å². The van der Waals surface area contributed by atoms with Crippen molar-refractivity contribution >= 4 is 19.4 Å². The van der Waals surface area contributed by atoms with Gasteiger partial charge in [-0.05, 0) is 70.4 Å². The monoisotopic (exact) mass is 344 g/mol. The molecular weight excluding hydrogens is 319 g/mol. The molecular formula is C20H25O3P. The molecule has 0 spiro atoms. The summed E-state index contributed by atoms with van der Waals surface area (Å²) in [6.45, 7) is 9.19. The maximum absolute atomic E-state index is 12.8. The van der Waals surface area contributed by atoms with Crippen molar-refractivity contribution in [1.29, 1.82) is 0 Å². The minimum Gasteiger partial charge on any atom is -0.491 e. The van der Waals surface area contributed by atoms with Crippen LogP contribution in [-0.4, -0.2) is 25.8 Å². The Balaban J connectivity index is 2.15. The van der Waals surface area contributed by atoms with E-state index >= 15 is 0 Å². The Hall–Kier alpha value is -1.70. The van der Waals surface area contributed by atoms with Gasteiger partial charge in [0.05, 0.1) is 6.61 Å². The molecule has 0 bridgehead atoms. The average Bonchev–Trinajstić information content (AvgIpc) is 2.49. The third-order valence-corrected chi connectivity index (χ3v) is 5.21. The molecule has 2 aromatic rings. The van der Waals surface area contributed by atoms with E-state index in [-0.39, 0.29) is 14.1 Å². The molecule has 0 saturated heterocycles. The SMILES string of the molecule is COCCOc1ccc(PC(=O)c2c(C)cc(C)cc2C)c(C)c1. The Morgan fingerprint density at radius 2 is 1.62 bits per heavy atom. The van der Waals surface area contributed by atoms with E-state index < -0.39 is 0 Å². The van der Waals surface area contributed by atoms with Crippen molar-refractivity contribution in [3.05, 3.63) is 58.1 Å². The lowest BCUT2D eigenvalue weighted by atomic mass is 10.0. The van der Waals surface area contributed by atoms with Crippen LogP contribution in [0.3, 0.4) is 0 Å². The van der Waals surface area contributed by atoms with Gasteiger partial charge in [-0.2, -0.15) is 0 Å². The highest BCUT2D eigenvalue weighted by atomic mass is 31.1. The Kier molecular flexibility index (Phi) is 6.53. The zero-order valence-electron chi connectivity index (χ0n) is 15.0. The van der Waals surface area contributed by atoms with E-state index in [1.54, 1.807) is 7.11 Å². The molecule has 0 aliphatic rings. The van der Waals surface area contributed by atoms with Gasteiger partial charge in [0.15, 0.2) is 5.52 Å². The Morgan fingerprint density at radius 1 is 0.958 bits per heavy atom. The second kappa shape index (κ2) is 8.41. The predicted octanol–water partition coefficient (Wildman–Crippen LogP) is 4.09. The van der Waals surface area contributed by atoms with Crippen molar-refractivity contribution in [2.45, 2.75) is 27.7 Å². The van der Waals surface area contributed by atoms with Crippen molar-refractivity contribution in [1.82, 2.24) is 0 Å². The molecule has 24 heavy (non-hydrogen) atoms. The van der Waals surface area contributed by atoms with E-state index in [9.17, 15) is 4.79 Å². The molecule has 0 amide bonds. The fourth-order valence-corrected chi connectivity index (χ4v) is 4.03. The van der Waals surface area contributed by atoms with E-state index in [1.165, 1.54) is 5.56 Å². The molecule has 0 aliphatic carbocycles. The van der Waals surface area contributed by atoms with Crippen molar-refractivity contribution in [3.63, 3.8) is 0 Å². The molecule has 4 heteroatoms. The van der Waals surface area contributed by atoms with E-state index in [4.69, 9.17) is 9.47 Å². The van der Waals surface area contributed by atoms with E-state index in [2.05, 4.69) is 19.1 Å². The number of benzene rings is 2. The van der Waals surface area contributed by atoms with Crippen molar-refractivity contribution < 1.29 is 14.3 Å². The smallest absolute Gasteiger partial charge is 0.186 e. The molecule has 0 N–H and O–H groups in total. The van der Waals surface area contributed by atoms with Crippen molar-refractivity contribution in [2.75, 3.05) is 20.3 Å². The molecule has 128 valence electrons. The molecule has 0 aromatic heterocycles. The van der Waals surface area contributed by atoms with Gasteiger partial charge < -0.3 is 9.47 Å². The van der Waals surface area contributed by atoms with Gasteiger partial charge in [0.25, 0.3) is 0 Å². The molecule has 0 heterocycles. The summed E-state index contributed by atoms with van der Waals surface area (Å²) in [6, 6.07) is 10.1. The van der Waals surface area contributed by atoms with Crippen LogP contribution in [0.2, 0.25) is 0 Å². The van der Waals surface area contributed by atoms with Crippen LogP contribution in [0.25, 0.3) is 0 Å². The zero-order valence-corrected chi connectivity index (χ0v) is 16.0. The highest BCUT2D eigenvalue weighted by molar-refractivity contribution is 7.66. The first kappa shape index (κ1) is 18.6. The number of carbonyl (C=O) groups is 1. The standard InChI is InChI=1S/C20H25O3P/c1-13-10-15(3)19(16(4)11-13)20(21)24-18-7-6-17(12-14(18)2)23-9-8-22-5/h6-7,10-12,24H,8-9H2,1-5H3. The third-order valence-electron chi connectivity index (χ3n) is 3.91. The molecule has 0 fully saturated rings. The van der Waals surface area contributed by atoms with Gasteiger partial charge in [0, 0.05) is 12.7 Å². The lowest BCUT2D eigenvalue weighted by Gasteiger charge is -2.13. The number of hydrogen-bond donors (Lipinski definition) is 0. The van der Waals surface area contributed by atoms with Gasteiger partial charge in [-0.1, -0.05) is 23.8 Å². The van der Waals surface area contributed by atoms with Gasteiger partial charge in [0.2, 0.25) is 0 Å². The van der Waals surface area contributed by atoms with E-state index in [0.29, 0.717) is 13.2 Å². The van der Waals surface area contributed by atoms with Crippen LogP contribution in [0.4, 0.5) is 0 Å². The molecule has 2 aromatic carbocycles. The second-order valence-electron chi connectivity index (χ2n) is 6.05. The predicted molar refractivity (Wildman–Crippen MR) is 101 cm³/mol. The van der Waals surface area contributed by atoms with Crippen LogP contribution >= 0.6 is 8.58 Å². The first-order valence-corrected chi connectivity index (χ1v) is 9.04. The number of carbonyl (C=O) groups excluding carboxylic acids is 1. The van der Waals surface area contributed by atoms with Crippen LogP contribution in [0.15, 0.2) is 30.3 Å². The molecule has 0 radical (unpaired) electrons. The fourth-order valence-electron chi connectivity index (χ4n) is 2.83. The molecule has 1 unspecified atom stereocenters. The Morgan fingerprint density at radius 3 is 2.21 bits per heavy atom. The van der Waals surface area contributed by atoms with Crippen LogP contribution < -0.4 is 10.0 Å². The highest BCUT2D eigenvalue weighted by Gasteiger charge is 2.15. The summed E-state index contributed by atoms with van der Waals surface area (Å²) in [4.78, 5) is 12.8. The maximum atomic E-state index is 12.8. The minimum absolute atomic E-state index is 0.124. The maximum Gasteiger partial charge on any atom is 0.186 e. The van der Waals surface area contributed by atoms with Crippen LogP contribution in [-0.2, 0) is 4.74 Å². The first-order valence-electron chi connectivity index (χ1n) is 8.04.